The first-order valence-electron chi connectivity index (χ1n) is 5.61. The predicted molar refractivity (Wildman–Crippen MR) is 70.1 cm³/mol. The third kappa shape index (κ3) is 3.41. The molecule has 2 aromatic rings. The van der Waals surface area contributed by atoms with Gasteiger partial charge in [-0.25, -0.2) is 0 Å². The maximum absolute atomic E-state index is 12.3. The number of hydrogen-bond acceptors (Lipinski definition) is 5. The Hall–Kier alpha value is -2.70. The van der Waals surface area contributed by atoms with E-state index in [1.807, 2.05) is 30.3 Å². The van der Waals surface area contributed by atoms with Gasteiger partial charge in [0.1, 0.15) is 0 Å². The van der Waals surface area contributed by atoms with Gasteiger partial charge in [0.15, 0.2) is 0 Å². The third-order valence-electron chi connectivity index (χ3n) is 2.27. The van der Waals surface area contributed by atoms with Gasteiger partial charge < -0.3 is 9.83 Å². The smallest absolute Gasteiger partial charge is 0.314 e. The van der Waals surface area contributed by atoms with E-state index in [4.69, 9.17) is 9.83 Å². The highest BCUT2D eigenvalue weighted by Crippen LogP contribution is 2.19. The fraction of sp³-hybridized carbons (Fsp3) is 0.0769. The van der Waals surface area contributed by atoms with Crippen LogP contribution in [0.4, 0.5) is 8.78 Å². The van der Waals surface area contributed by atoms with E-state index in [1.165, 1.54) is 6.20 Å². The molecule has 1 aromatic heterocycles. The second-order valence-electron chi connectivity index (χ2n) is 3.66. The first-order valence-corrected chi connectivity index (χ1v) is 5.61. The monoisotopic (exact) mass is 276 g/mol. The molecule has 1 N–H and O–H groups in total. The summed E-state index contributed by atoms with van der Waals surface area (Å²) in [4.78, 5) is 3.99. The molecule has 0 unspecified atom stereocenters. The van der Waals surface area contributed by atoms with Crippen LogP contribution < -0.4 is 0 Å². The molecule has 0 atom stereocenters. The lowest BCUT2D eigenvalue weighted by Gasteiger charge is -1.92. The summed E-state index contributed by atoms with van der Waals surface area (Å²) in [7, 11) is 0. The molecule has 1 aromatic carbocycles. The van der Waals surface area contributed by atoms with Crippen LogP contribution in [0.2, 0.25) is 0 Å². The van der Waals surface area contributed by atoms with Crippen molar-refractivity contribution in [1.29, 1.82) is 5.41 Å². The molecule has 0 radical (unpaired) electrons. The molecule has 0 saturated heterocycles. The maximum atomic E-state index is 12.3. The Bertz CT molecular complexity index is 635. The zero-order valence-corrected chi connectivity index (χ0v) is 10.2. The Balaban J connectivity index is 2.17. The molecule has 1 heterocycles. The fourth-order valence-corrected chi connectivity index (χ4v) is 1.34. The molecule has 7 heteroatoms. The van der Waals surface area contributed by atoms with E-state index in [1.54, 1.807) is 6.21 Å². The highest BCUT2D eigenvalue weighted by atomic mass is 19.3. The largest absolute Gasteiger partial charge is 0.415 e. The second-order valence-corrected chi connectivity index (χ2v) is 3.66. The van der Waals surface area contributed by atoms with Gasteiger partial charge in [0.2, 0.25) is 0 Å². The zero-order valence-electron chi connectivity index (χ0n) is 10.2. The zero-order chi connectivity index (χ0) is 14.4. The van der Waals surface area contributed by atoms with Gasteiger partial charge >= 0.3 is 6.43 Å². The highest BCUT2D eigenvalue weighted by molar-refractivity contribution is 6.06. The summed E-state index contributed by atoms with van der Waals surface area (Å²) in [6, 6.07) is 9.29. The minimum absolute atomic E-state index is 0.150. The molecule has 0 bridgehead atoms. The number of halogens is 2. The summed E-state index contributed by atoms with van der Waals surface area (Å²) >= 11 is 0. The van der Waals surface area contributed by atoms with Gasteiger partial charge in [-0.15, -0.1) is 10.2 Å². The van der Waals surface area contributed by atoms with Gasteiger partial charge in [-0.05, 0) is 5.56 Å². The van der Waals surface area contributed by atoms with Crippen LogP contribution in [0, 0.1) is 5.41 Å². The van der Waals surface area contributed by atoms with Crippen LogP contribution in [0.3, 0.4) is 0 Å². The van der Waals surface area contributed by atoms with Gasteiger partial charge in [-0.2, -0.15) is 8.78 Å². The number of alkyl halides is 2. The third-order valence-corrected chi connectivity index (χ3v) is 2.27. The summed E-state index contributed by atoms with van der Waals surface area (Å²) < 4.78 is 29.4. The van der Waals surface area contributed by atoms with Crippen LogP contribution in [0.5, 0.6) is 0 Å². The number of aliphatic imine (C=N–C) groups is 1. The number of hydrogen-bond donors (Lipinski definition) is 1. The van der Waals surface area contributed by atoms with Crippen LogP contribution in [-0.2, 0) is 0 Å². The normalized spacial score (nSPS) is 12.2. The number of benzene rings is 1. The van der Waals surface area contributed by atoms with Crippen molar-refractivity contribution < 1.29 is 13.2 Å². The van der Waals surface area contributed by atoms with E-state index in [2.05, 4.69) is 15.2 Å². The van der Waals surface area contributed by atoms with Crippen molar-refractivity contribution in [3.05, 3.63) is 53.9 Å². The topological polar surface area (TPSA) is 75.1 Å². The minimum atomic E-state index is -2.84. The Kier molecular flexibility index (Phi) is 4.43. The van der Waals surface area contributed by atoms with E-state index >= 15 is 0 Å². The van der Waals surface area contributed by atoms with Crippen molar-refractivity contribution in [2.45, 2.75) is 6.43 Å². The lowest BCUT2D eigenvalue weighted by molar-refractivity contribution is 0.114. The molecule has 0 aliphatic rings. The van der Waals surface area contributed by atoms with E-state index in [0.717, 1.165) is 11.8 Å². The number of nitrogens with zero attached hydrogens (tertiary/aromatic N) is 3. The summed E-state index contributed by atoms with van der Waals surface area (Å²) in [6.07, 6.45) is 0.929. The number of rotatable bonds is 5. The van der Waals surface area contributed by atoms with Crippen molar-refractivity contribution in [2.24, 2.45) is 4.99 Å². The lowest BCUT2D eigenvalue weighted by Crippen LogP contribution is -1.85. The first kappa shape index (κ1) is 13.7. The molecule has 0 amide bonds. The standard InChI is InChI=1S/C13H10F2N4O/c14-11(15)13-19-18-12(20-13)10(6-16)8-17-7-9-4-2-1-3-5-9/h1-8,11,16H/b10-8+,16-6?,17-7?. The van der Waals surface area contributed by atoms with Crippen LogP contribution in [0.1, 0.15) is 23.8 Å². The molecule has 102 valence electrons. The second kappa shape index (κ2) is 6.46. The highest BCUT2D eigenvalue weighted by Gasteiger charge is 2.17. The maximum Gasteiger partial charge on any atom is 0.314 e. The molecular formula is C13H10F2N4O. The van der Waals surface area contributed by atoms with Gasteiger partial charge in [0.05, 0.1) is 5.57 Å². The van der Waals surface area contributed by atoms with Gasteiger partial charge in [-0.3, -0.25) is 4.99 Å². The summed E-state index contributed by atoms with van der Waals surface area (Å²) in [5, 5.41) is 13.8. The SMILES string of the molecule is N=C/C(=C\N=Cc1ccccc1)c1nnc(C(F)F)o1. The summed E-state index contributed by atoms with van der Waals surface area (Å²) in [5.74, 6) is -0.944. The van der Waals surface area contributed by atoms with E-state index in [0.29, 0.717) is 0 Å². The molecule has 0 aliphatic heterocycles. The van der Waals surface area contributed by atoms with Crippen molar-refractivity contribution in [2.75, 3.05) is 0 Å². The Labute approximate surface area is 113 Å². The Morgan fingerprint density at radius 3 is 2.60 bits per heavy atom. The van der Waals surface area contributed by atoms with Crippen LogP contribution in [0.25, 0.3) is 5.57 Å². The molecule has 20 heavy (non-hydrogen) atoms. The number of aromatic nitrogens is 2. The molecule has 0 fully saturated rings. The molecule has 0 spiro atoms. The lowest BCUT2D eigenvalue weighted by atomic mass is 10.2. The van der Waals surface area contributed by atoms with Crippen molar-refractivity contribution in [3.63, 3.8) is 0 Å². The quantitative estimate of drug-likeness (QED) is 0.852. The van der Waals surface area contributed by atoms with Crippen molar-refractivity contribution in [3.8, 4) is 0 Å². The fourth-order valence-electron chi connectivity index (χ4n) is 1.34. The van der Waals surface area contributed by atoms with E-state index in [-0.39, 0.29) is 11.5 Å². The predicted octanol–water partition coefficient (Wildman–Crippen LogP) is 3.12. The molecule has 0 saturated carbocycles. The Morgan fingerprint density at radius 2 is 2.00 bits per heavy atom. The average molecular weight is 276 g/mol. The molecular weight excluding hydrogens is 266 g/mol. The molecule has 0 aliphatic carbocycles. The first-order chi connectivity index (χ1) is 9.70. The van der Waals surface area contributed by atoms with Gasteiger partial charge in [0.25, 0.3) is 11.8 Å². The van der Waals surface area contributed by atoms with Gasteiger partial charge in [-0.1, -0.05) is 30.3 Å². The average Bonchev–Trinajstić information content (AvgIpc) is 2.94. The summed E-state index contributed by atoms with van der Waals surface area (Å²) in [6.45, 7) is 0. The van der Waals surface area contributed by atoms with Gasteiger partial charge in [0, 0.05) is 18.6 Å². The van der Waals surface area contributed by atoms with E-state index < -0.39 is 12.3 Å². The molecule has 5 nitrogen and oxygen atoms in total. The van der Waals surface area contributed by atoms with E-state index in [9.17, 15) is 8.78 Å². The van der Waals surface area contributed by atoms with Crippen LogP contribution in [-0.4, -0.2) is 22.6 Å². The van der Waals surface area contributed by atoms with Crippen LogP contribution >= 0.6 is 0 Å². The van der Waals surface area contributed by atoms with Crippen molar-refractivity contribution >= 4 is 18.0 Å². The minimum Gasteiger partial charge on any atom is -0.415 e. The molecule has 2 rings (SSSR count). The summed E-state index contributed by atoms with van der Waals surface area (Å²) in [5.41, 5.74) is 1.02. The number of allylic oxidation sites excluding steroid dienone is 1. The number of nitrogens with one attached hydrogen (secondary N) is 1. The van der Waals surface area contributed by atoms with Crippen molar-refractivity contribution in [1.82, 2.24) is 10.2 Å². The van der Waals surface area contributed by atoms with Crippen LogP contribution in [0.15, 0.2) is 45.9 Å². The Morgan fingerprint density at radius 1 is 1.25 bits per heavy atom.